The maximum absolute atomic E-state index is 12.2. The van der Waals surface area contributed by atoms with Crippen LogP contribution in [0.3, 0.4) is 0 Å². The third-order valence-corrected chi connectivity index (χ3v) is 5.66. The predicted octanol–water partition coefficient (Wildman–Crippen LogP) is 5.59. The Balaban J connectivity index is 3.59. The highest BCUT2D eigenvalue weighted by Crippen LogP contribution is 2.13. The van der Waals surface area contributed by atoms with Crippen molar-refractivity contribution in [3.63, 3.8) is 0 Å². The van der Waals surface area contributed by atoms with E-state index >= 15 is 0 Å². The van der Waals surface area contributed by atoms with Crippen molar-refractivity contribution in [2.24, 2.45) is 0 Å². The summed E-state index contributed by atoms with van der Waals surface area (Å²) in [7, 11) is -4.01. The Hall–Kier alpha value is -0.620. The molecule has 27 heavy (non-hydrogen) atoms. The molecule has 0 spiro atoms. The standard InChI is InChI=1S/C21H43NO4S/c1-3-5-6-7-8-9-10-11-12-13-14-15-16-17-21(23)22(18-4-2)19-20-27(24,25)26/h3-20H2,1-2H3,(H,24,25,26). The third kappa shape index (κ3) is 18.5. The number of amides is 1. The number of nitrogens with zero attached hydrogens (tertiary/aromatic N) is 1. The fourth-order valence-corrected chi connectivity index (χ4v) is 3.76. The zero-order chi connectivity index (χ0) is 20.4. The number of hydrogen-bond donors (Lipinski definition) is 1. The Morgan fingerprint density at radius 1 is 0.704 bits per heavy atom. The van der Waals surface area contributed by atoms with Crippen LogP contribution in [0.2, 0.25) is 0 Å². The van der Waals surface area contributed by atoms with Crippen LogP contribution < -0.4 is 0 Å². The molecule has 0 unspecified atom stereocenters. The molecule has 0 saturated carbocycles. The fraction of sp³-hybridized carbons (Fsp3) is 0.952. The van der Waals surface area contributed by atoms with Crippen LogP contribution in [0.25, 0.3) is 0 Å². The second-order valence-electron chi connectivity index (χ2n) is 7.66. The van der Waals surface area contributed by atoms with Crippen molar-refractivity contribution >= 4 is 16.0 Å². The molecule has 0 aromatic carbocycles. The third-order valence-electron chi connectivity index (χ3n) is 4.96. The van der Waals surface area contributed by atoms with Gasteiger partial charge in [0.15, 0.2) is 0 Å². The first-order chi connectivity index (χ1) is 12.9. The molecule has 0 heterocycles. The lowest BCUT2D eigenvalue weighted by Gasteiger charge is -2.21. The molecule has 0 fully saturated rings. The largest absolute Gasteiger partial charge is 0.342 e. The first kappa shape index (κ1) is 26.4. The van der Waals surface area contributed by atoms with E-state index in [0.717, 1.165) is 19.3 Å². The minimum Gasteiger partial charge on any atom is -0.342 e. The van der Waals surface area contributed by atoms with E-state index in [9.17, 15) is 13.2 Å². The van der Waals surface area contributed by atoms with E-state index in [1.54, 1.807) is 4.90 Å². The highest BCUT2D eigenvalue weighted by atomic mass is 32.2. The zero-order valence-corrected chi connectivity index (χ0v) is 18.6. The van der Waals surface area contributed by atoms with Gasteiger partial charge in [-0.2, -0.15) is 8.42 Å². The van der Waals surface area contributed by atoms with E-state index in [1.807, 2.05) is 6.92 Å². The van der Waals surface area contributed by atoms with Crippen LogP contribution in [0.4, 0.5) is 0 Å². The molecule has 0 aliphatic carbocycles. The van der Waals surface area contributed by atoms with Gasteiger partial charge in [0.1, 0.15) is 0 Å². The molecule has 6 heteroatoms. The molecular weight excluding hydrogens is 362 g/mol. The van der Waals surface area contributed by atoms with Crippen LogP contribution >= 0.6 is 0 Å². The van der Waals surface area contributed by atoms with Crippen molar-refractivity contribution < 1.29 is 17.8 Å². The molecule has 0 bridgehead atoms. The second kappa shape index (κ2) is 17.5. The summed E-state index contributed by atoms with van der Waals surface area (Å²) in [5, 5.41) is 0. The molecule has 0 aliphatic rings. The normalized spacial score (nSPS) is 11.7. The SMILES string of the molecule is CCCCCCCCCCCCCCCC(=O)N(CCC)CCS(=O)(=O)O. The number of unbranched alkanes of at least 4 members (excludes halogenated alkanes) is 12. The van der Waals surface area contributed by atoms with Gasteiger partial charge < -0.3 is 4.90 Å². The maximum Gasteiger partial charge on any atom is 0.266 e. The zero-order valence-electron chi connectivity index (χ0n) is 17.8. The summed E-state index contributed by atoms with van der Waals surface area (Å²) >= 11 is 0. The molecule has 0 radical (unpaired) electrons. The van der Waals surface area contributed by atoms with Gasteiger partial charge in [0.2, 0.25) is 5.91 Å². The van der Waals surface area contributed by atoms with E-state index in [-0.39, 0.29) is 18.2 Å². The molecule has 1 amide bonds. The van der Waals surface area contributed by atoms with Gasteiger partial charge in [0, 0.05) is 19.5 Å². The van der Waals surface area contributed by atoms with Gasteiger partial charge >= 0.3 is 0 Å². The summed E-state index contributed by atoms with van der Waals surface area (Å²) < 4.78 is 30.6. The Morgan fingerprint density at radius 2 is 1.15 bits per heavy atom. The Morgan fingerprint density at radius 3 is 1.56 bits per heavy atom. The number of hydrogen-bond acceptors (Lipinski definition) is 3. The average Bonchev–Trinajstić information content (AvgIpc) is 2.61. The monoisotopic (exact) mass is 405 g/mol. The van der Waals surface area contributed by atoms with Crippen molar-refractivity contribution in [2.45, 2.75) is 110 Å². The number of carbonyl (C=O) groups is 1. The molecule has 0 aromatic rings. The van der Waals surface area contributed by atoms with Gasteiger partial charge in [-0.25, -0.2) is 0 Å². The quantitative estimate of drug-likeness (QED) is 0.224. The molecule has 1 N–H and O–H groups in total. The van der Waals surface area contributed by atoms with Crippen molar-refractivity contribution in [1.29, 1.82) is 0 Å². The molecule has 0 aliphatic heterocycles. The summed E-state index contributed by atoms with van der Waals surface area (Å²) in [4.78, 5) is 13.8. The summed E-state index contributed by atoms with van der Waals surface area (Å²) in [5.74, 6) is -0.374. The Bertz CT molecular complexity index is 451. The van der Waals surface area contributed by atoms with E-state index in [2.05, 4.69) is 6.92 Å². The van der Waals surface area contributed by atoms with Crippen molar-refractivity contribution in [3.05, 3.63) is 0 Å². The van der Waals surface area contributed by atoms with Crippen LogP contribution in [0.15, 0.2) is 0 Å². The van der Waals surface area contributed by atoms with E-state index < -0.39 is 10.1 Å². The fourth-order valence-electron chi connectivity index (χ4n) is 3.31. The van der Waals surface area contributed by atoms with E-state index in [1.165, 1.54) is 70.6 Å². The topological polar surface area (TPSA) is 74.7 Å². The van der Waals surface area contributed by atoms with Gasteiger partial charge in [-0.15, -0.1) is 0 Å². The van der Waals surface area contributed by atoms with Crippen LogP contribution in [0.5, 0.6) is 0 Å². The minimum atomic E-state index is -4.01. The summed E-state index contributed by atoms with van der Waals surface area (Å²) in [6.45, 7) is 4.84. The van der Waals surface area contributed by atoms with Crippen molar-refractivity contribution in [3.8, 4) is 0 Å². The highest BCUT2D eigenvalue weighted by molar-refractivity contribution is 7.85. The van der Waals surface area contributed by atoms with E-state index in [4.69, 9.17) is 4.55 Å². The molecular formula is C21H43NO4S. The van der Waals surface area contributed by atoms with Crippen LogP contribution in [-0.2, 0) is 14.9 Å². The second-order valence-corrected chi connectivity index (χ2v) is 9.23. The highest BCUT2D eigenvalue weighted by Gasteiger charge is 2.15. The van der Waals surface area contributed by atoms with Crippen molar-refractivity contribution in [1.82, 2.24) is 4.90 Å². The minimum absolute atomic E-state index is 0.00331. The van der Waals surface area contributed by atoms with Gasteiger partial charge in [-0.3, -0.25) is 9.35 Å². The molecule has 5 nitrogen and oxygen atoms in total. The lowest BCUT2D eigenvalue weighted by Crippen LogP contribution is -2.35. The maximum atomic E-state index is 12.2. The number of carbonyl (C=O) groups excluding carboxylic acids is 1. The van der Waals surface area contributed by atoms with Crippen molar-refractivity contribution in [2.75, 3.05) is 18.8 Å². The van der Waals surface area contributed by atoms with Crippen LogP contribution in [0, 0.1) is 0 Å². The summed E-state index contributed by atoms with van der Waals surface area (Å²) in [5.41, 5.74) is 0. The Kier molecular flexibility index (Phi) is 17.1. The van der Waals surface area contributed by atoms with Gasteiger partial charge in [-0.1, -0.05) is 90.9 Å². The predicted molar refractivity (Wildman–Crippen MR) is 114 cm³/mol. The molecule has 0 saturated heterocycles. The van der Waals surface area contributed by atoms with Gasteiger partial charge in [0.05, 0.1) is 5.75 Å². The first-order valence-corrected chi connectivity index (χ1v) is 12.7. The van der Waals surface area contributed by atoms with Crippen LogP contribution in [0.1, 0.15) is 110 Å². The number of rotatable bonds is 19. The first-order valence-electron chi connectivity index (χ1n) is 11.1. The van der Waals surface area contributed by atoms with Crippen LogP contribution in [-0.4, -0.2) is 42.6 Å². The van der Waals surface area contributed by atoms with E-state index in [0.29, 0.717) is 13.0 Å². The molecule has 0 rings (SSSR count). The lowest BCUT2D eigenvalue weighted by atomic mass is 10.0. The van der Waals surface area contributed by atoms with Gasteiger partial charge in [-0.05, 0) is 12.8 Å². The molecule has 0 aromatic heterocycles. The smallest absolute Gasteiger partial charge is 0.266 e. The molecule has 0 atom stereocenters. The summed E-state index contributed by atoms with van der Waals surface area (Å²) in [6, 6.07) is 0. The molecule has 162 valence electrons. The summed E-state index contributed by atoms with van der Waals surface area (Å²) in [6.07, 6.45) is 17.8. The van der Waals surface area contributed by atoms with Gasteiger partial charge in [0.25, 0.3) is 10.1 Å². The average molecular weight is 406 g/mol. The Labute approximate surface area is 168 Å². The lowest BCUT2D eigenvalue weighted by molar-refractivity contribution is -0.131.